The van der Waals surface area contributed by atoms with Crippen LogP contribution in [0.5, 0.6) is 0 Å². The molecule has 0 bridgehead atoms. The van der Waals surface area contributed by atoms with Crippen LogP contribution in [0, 0.1) is 5.41 Å². The normalized spacial score (nSPS) is 18.6. The van der Waals surface area contributed by atoms with Gasteiger partial charge < -0.3 is 5.32 Å². The van der Waals surface area contributed by atoms with Crippen LogP contribution >= 0.6 is 11.6 Å². The molecule has 19 heavy (non-hydrogen) atoms. The van der Waals surface area contributed by atoms with Gasteiger partial charge >= 0.3 is 0 Å². The van der Waals surface area contributed by atoms with Crippen molar-refractivity contribution < 1.29 is 0 Å². The van der Waals surface area contributed by atoms with Crippen LogP contribution in [0.3, 0.4) is 0 Å². The molecule has 0 unspecified atom stereocenters. The summed E-state index contributed by atoms with van der Waals surface area (Å²) in [6, 6.07) is 0. The van der Waals surface area contributed by atoms with E-state index in [1.54, 1.807) is 16.9 Å². The summed E-state index contributed by atoms with van der Waals surface area (Å²) in [4.78, 5) is 4.14. The summed E-state index contributed by atoms with van der Waals surface area (Å²) in [5, 5.41) is 14.9. The fourth-order valence-corrected chi connectivity index (χ4v) is 3.10. The number of nitrogens with one attached hydrogen (secondary N) is 1. The lowest BCUT2D eigenvalue weighted by molar-refractivity contribution is 0.237. The third kappa shape index (κ3) is 2.49. The van der Waals surface area contributed by atoms with E-state index < -0.39 is 0 Å². The maximum atomic E-state index is 6.20. The molecule has 1 aliphatic rings. The zero-order chi connectivity index (χ0) is 13.1. The average Bonchev–Trinajstić information content (AvgIpc) is 2.95. The van der Waals surface area contributed by atoms with Gasteiger partial charge in [0.15, 0.2) is 5.65 Å². The van der Waals surface area contributed by atoms with Gasteiger partial charge in [-0.25, -0.2) is 0 Å². The Morgan fingerprint density at radius 3 is 2.89 bits per heavy atom. The van der Waals surface area contributed by atoms with Crippen molar-refractivity contribution in [2.24, 2.45) is 5.41 Å². The van der Waals surface area contributed by atoms with Gasteiger partial charge in [-0.05, 0) is 23.3 Å². The van der Waals surface area contributed by atoms with Gasteiger partial charge in [-0.3, -0.25) is 4.98 Å². The van der Waals surface area contributed by atoms with E-state index in [1.807, 2.05) is 0 Å². The van der Waals surface area contributed by atoms with Crippen LogP contribution in [0.25, 0.3) is 5.65 Å². The molecule has 102 valence electrons. The summed E-state index contributed by atoms with van der Waals surface area (Å²) >= 11 is 6.20. The molecule has 1 fully saturated rings. The summed E-state index contributed by atoms with van der Waals surface area (Å²) in [7, 11) is 0. The molecule has 3 rings (SSSR count). The molecule has 0 atom stereocenters. The van der Waals surface area contributed by atoms with E-state index in [0.717, 1.165) is 12.4 Å². The number of tetrazole rings is 1. The Kier molecular flexibility index (Phi) is 3.50. The van der Waals surface area contributed by atoms with E-state index in [1.165, 1.54) is 32.1 Å². The van der Waals surface area contributed by atoms with Crippen molar-refractivity contribution in [1.29, 1.82) is 0 Å². The van der Waals surface area contributed by atoms with Gasteiger partial charge in [0.25, 0.3) is 0 Å². The first-order chi connectivity index (χ1) is 9.33. The van der Waals surface area contributed by atoms with Crippen molar-refractivity contribution in [3.63, 3.8) is 0 Å². The van der Waals surface area contributed by atoms with Gasteiger partial charge in [0.2, 0.25) is 0 Å². The second kappa shape index (κ2) is 5.28. The number of halogens is 1. The van der Waals surface area contributed by atoms with Crippen molar-refractivity contribution in [3.8, 4) is 0 Å². The summed E-state index contributed by atoms with van der Waals surface area (Å²) < 4.78 is 1.66. The Bertz CT molecular complexity index is 548. The molecule has 1 saturated carbocycles. The van der Waals surface area contributed by atoms with Crippen LogP contribution in [0.1, 0.15) is 32.1 Å². The van der Waals surface area contributed by atoms with Crippen LogP contribution in [0.4, 0.5) is 5.82 Å². The van der Waals surface area contributed by atoms with E-state index in [4.69, 9.17) is 11.6 Å². The molecular weight excluding hydrogens is 264 g/mol. The minimum Gasteiger partial charge on any atom is -0.368 e. The maximum absolute atomic E-state index is 6.20. The summed E-state index contributed by atoms with van der Waals surface area (Å²) in [6.07, 6.45) is 9.61. The Hall–Kier alpha value is -1.43. The van der Waals surface area contributed by atoms with Crippen molar-refractivity contribution in [3.05, 3.63) is 12.4 Å². The van der Waals surface area contributed by atoms with Gasteiger partial charge in [-0.2, -0.15) is 4.52 Å². The molecule has 1 aliphatic carbocycles. The van der Waals surface area contributed by atoms with Gasteiger partial charge in [-0.15, -0.1) is 16.7 Å². The highest BCUT2D eigenvalue weighted by Gasteiger charge is 2.31. The predicted octanol–water partition coefficient (Wildman–Crippen LogP) is 2.12. The third-order valence-electron chi connectivity index (χ3n) is 3.95. The summed E-state index contributed by atoms with van der Waals surface area (Å²) in [6.45, 7) is 0.844. The average molecular weight is 281 g/mol. The van der Waals surface area contributed by atoms with Crippen LogP contribution in [-0.4, -0.2) is 37.4 Å². The summed E-state index contributed by atoms with van der Waals surface area (Å²) in [5.74, 6) is 1.51. The van der Waals surface area contributed by atoms with E-state index >= 15 is 0 Å². The van der Waals surface area contributed by atoms with E-state index in [0.29, 0.717) is 11.5 Å². The minimum absolute atomic E-state index is 0.190. The lowest BCUT2D eigenvalue weighted by Gasteiger charge is -2.35. The Morgan fingerprint density at radius 1 is 1.26 bits per heavy atom. The Balaban J connectivity index is 1.76. The fourth-order valence-electron chi connectivity index (χ4n) is 2.73. The molecule has 2 heterocycles. The number of rotatable bonds is 4. The van der Waals surface area contributed by atoms with Crippen LogP contribution < -0.4 is 5.32 Å². The number of fused-ring (bicyclic) bond motifs is 1. The predicted molar refractivity (Wildman–Crippen MR) is 73.3 cm³/mol. The first-order valence-corrected chi connectivity index (χ1v) is 7.18. The Labute approximate surface area is 116 Å². The third-order valence-corrected chi connectivity index (χ3v) is 4.52. The van der Waals surface area contributed by atoms with Crippen LogP contribution in [0.15, 0.2) is 12.4 Å². The highest BCUT2D eigenvalue weighted by atomic mass is 35.5. The molecule has 2 aromatic rings. The number of nitrogens with zero attached hydrogens (tertiary/aromatic N) is 5. The van der Waals surface area contributed by atoms with Crippen molar-refractivity contribution in [1.82, 2.24) is 25.0 Å². The molecule has 0 aliphatic heterocycles. The maximum Gasteiger partial charge on any atom is 0.199 e. The standard InChI is InChI=1S/C12H17ClN6/c13-8-12(4-2-1-3-5-12)9-15-10-6-14-7-11-16-17-18-19(10)11/h6-7,15H,1-5,8-9H2. The van der Waals surface area contributed by atoms with Crippen molar-refractivity contribution in [2.75, 3.05) is 17.7 Å². The number of alkyl halides is 1. The topological polar surface area (TPSA) is 68.0 Å². The minimum atomic E-state index is 0.190. The van der Waals surface area contributed by atoms with Gasteiger partial charge in [0, 0.05) is 17.8 Å². The number of hydrogen-bond acceptors (Lipinski definition) is 5. The first kappa shape index (κ1) is 12.6. The number of anilines is 1. The lowest BCUT2D eigenvalue weighted by Crippen LogP contribution is -2.34. The zero-order valence-electron chi connectivity index (χ0n) is 10.7. The molecular formula is C12H17ClN6. The second-order valence-electron chi connectivity index (χ2n) is 5.29. The SMILES string of the molecule is ClCC1(CNc2cncc3nnnn23)CCCCC1. The summed E-state index contributed by atoms with van der Waals surface area (Å²) in [5.41, 5.74) is 0.837. The molecule has 0 saturated heterocycles. The Morgan fingerprint density at radius 2 is 2.11 bits per heavy atom. The van der Waals surface area contributed by atoms with Gasteiger partial charge in [0.1, 0.15) is 5.82 Å². The monoisotopic (exact) mass is 280 g/mol. The second-order valence-corrected chi connectivity index (χ2v) is 5.56. The molecule has 0 spiro atoms. The molecule has 2 aromatic heterocycles. The number of aromatic nitrogens is 5. The highest BCUT2D eigenvalue weighted by Crippen LogP contribution is 2.37. The first-order valence-electron chi connectivity index (χ1n) is 6.65. The largest absolute Gasteiger partial charge is 0.368 e. The van der Waals surface area contributed by atoms with E-state index in [2.05, 4.69) is 25.8 Å². The van der Waals surface area contributed by atoms with E-state index in [9.17, 15) is 0 Å². The van der Waals surface area contributed by atoms with Crippen molar-refractivity contribution in [2.45, 2.75) is 32.1 Å². The molecule has 0 aromatic carbocycles. The zero-order valence-corrected chi connectivity index (χ0v) is 11.5. The smallest absolute Gasteiger partial charge is 0.199 e. The molecule has 6 nitrogen and oxygen atoms in total. The number of hydrogen-bond donors (Lipinski definition) is 1. The van der Waals surface area contributed by atoms with Gasteiger partial charge in [-0.1, -0.05) is 19.3 Å². The van der Waals surface area contributed by atoms with Crippen molar-refractivity contribution >= 4 is 23.1 Å². The van der Waals surface area contributed by atoms with Crippen LogP contribution in [-0.2, 0) is 0 Å². The quantitative estimate of drug-likeness (QED) is 0.869. The highest BCUT2D eigenvalue weighted by molar-refractivity contribution is 6.18. The fraction of sp³-hybridized carbons (Fsp3) is 0.667. The van der Waals surface area contributed by atoms with Gasteiger partial charge in [0.05, 0.1) is 12.4 Å². The molecule has 7 heteroatoms. The molecule has 0 radical (unpaired) electrons. The molecule has 1 N–H and O–H groups in total. The molecule has 0 amide bonds. The lowest BCUT2D eigenvalue weighted by atomic mass is 9.75. The van der Waals surface area contributed by atoms with E-state index in [-0.39, 0.29) is 5.41 Å². The van der Waals surface area contributed by atoms with Crippen LogP contribution in [0.2, 0.25) is 0 Å².